The predicted molar refractivity (Wildman–Crippen MR) is 128 cm³/mol. The van der Waals surface area contributed by atoms with E-state index in [1.165, 1.54) is 23.7 Å². The van der Waals surface area contributed by atoms with Crippen LogP contribution in [0.3, 0.4) is 0 Å². The molecule has 0 radical (unpaired) electrons. The van der Waals surface area contributed by atoms with Crippen molar-refractivity contribution < 1.29 is 9.18 Å². The van der Waals surface area contributed by atoms with Crippen molar-refractivity contribution in [2.24, 2.45) is 5.92 Å². The maximum absolute atomic E-state index is 13.1. The Kier molecular flexibility index (Phi) is 7.44. The Hall–Kier alpha value is -2.42. The smallest absolute Gasteiger partial charge is 0.319 e. The molecule has 0 spiro atoms. The van der Waals surface area contributed by atoms with Crippen LogP contribution in [-0.4, -0.2) is 35.0 Å². The van der Waals surface area contributed by atoms with E-state index in [1.54, 1.807) is 30.3 Å². The Bertz CT molecular complexity index is 1070. The molecular formula is C22H22Cl2FN5OS. The molecule has 0 aliphatic carbocycles. The summed E-state index contributed by atoms with van der Waals surface area (Å²) < 4.78 is 17.5. The molecule has 4 rings (SSSR count). The molecule has 6 nitrogen and oxygen atoms in total. The summed E-state index contributed by atoms with van der Waals surface area (Å²) in [7, 11) is 0. The molecule has 0 unspecified atom stereocenters. The number of benzene rings is 2. The molecule has 1 aliphatic heterocycles. The van der Waals surface area contributed by atoms with Gasteiger partial charge in [0.25, 0.3) is 0 Å². The summed E-state index contributed by atoms with van der Waals surface area (Å²) in [6.45, 7) is 2.32. The molecule has 0 atom stereocenters. The molecule has 168 valence electrons. The zero-order valence-electron chi connectivity index (χ0n) is 17.2. The van der Waals surface area contributed by atoms with E-state index in [0.29, 0.717) is 34.6 Å². The van der Waals surface area contributed by atoms with E-state index in [9.17, 15) is 9.18 Å². The van der Waals surface area contributed by atoms with Crippen molar-refractivity contribution in [2.45, 2.75) is 19.3 Å². The summed E-state index contributed by atoms with van der Waals surface area (Å²) in [5.74, 6) is 0.895. The lowest BCUT2D eigenvalue weighted by atomic mass is 9.97. The molecule has 2 N–H and O–H groups in total. The van der Waals surface area contributed by atoms with Crippen molar-refractivity contribution in [1.82, 2.24) is 14.7 Å². The van der Waals surface area contributed by atoms with Crippen LogP contribution in [0.5, 0.6) is 0 Å². The van der Waals surface area contributed by atoms with Crippen molar-refractivity contribution in [3.05, 3.63) is 69.7 Å². The second-order valence-corrected chi connectivity index (χ2v) is 9.26. The van der Waals surface area contributed by atoms with E-state index in [4.69, 9.17) is 23.2 Å². The lowest BCUT2D eigenvalue weighted by Crippen LogP contribution is -2.39. The number of rotatable bonds is 6. The second-order valence-electron chi connectivity index (χ2n) is 7.69. The van der Waals surface area contributed by atoms with Crippen molar-refractivity contribution in [3.8, 4) is 0 Å². The van der Waals surface area contributed by atoms with Crippen LogP contribution in [0.25, 0.3) is 0 Å². The number of nitrogens with zero attached hydrogens (tertiary/aromatic N) is 3. The van der Waals surface area contributed by atoms with Gasteiger partial charge in [-0.25, -0.2) is 14.2 Å². The SMILES string of the molecule is O=C(NCC1CCN(c2nc(Cc3ccc(F)cc3)ns2)CC1)Nc1ccc(Cl)cc1Cl. The van der Waals surface area contributed by atoms with Crippen LogP contribution in [0.2, 0.25) is 10.0 Å². The average Bonchev–Trinajstić information content (AvgIpc) is 3.25. The minimum absolute atomic E-state index is 0.246. The molecule has 1 saturated heterocycles. The summed E-state index contributed by atoms with van der Waals surface area (Å²) in [5.41, 5.74) is 1.51. The number of anilines is 2. The van der Waals surface area contributed by atoms with Crippen LogP contribution in [-0.2, 0) is 6.42 Å². The molecule has 2 aromatic carbocycles. The fourth-order valence-electron chi connectivity index (χ4n) is 3.55. The topological polar surface area (TPSA) is 70.2 Å². The predicted octanol–water partition coefficient (Wildman–Crippen LogP) is 5.61. The highest BCUT2D eigenvalue weighted by Gasteiger charge is 2.22. The van der Waals surface area contributed by atoms with E-state index in [0.717, 1.165) is 42.5 Å². The van der Waals surface area contributed by atoms with E-state index in [2.05, 4.69) is 24.9 Å². The monoisotopic (exact) mass is 493 g/mol. The lowest BCUT2D eigenvalue weighted by molar-refractivity contribution is 0.248. The first-order chi connectivity index (χ1) is 15.5. The minimum atomic E-state index is -0.286. The van der Waals surface area contributed by atoms with Crippen molar-refractivity contribution in [1.29, 1.82) is 0 Å². The minimum Gasteiger partial charge on any atom is -0.347 e. The zero-order valence-corrected chi connectivity index (χ0v) is 19.5. The summed E-state index contributed by atoms with van der Waals surface area (Å²) in [6, 6.07) is 11.1. The van der Waals surface area contributed by atoms with Crippen molar-refractivity contribution in [3.63, 3.8) is 0 Å². The average molecular weight is 494 g/mol. The Morgan fingerprint density at radius 2 is 1.91 bits per heavy atom. The Labute approximate surface area is 199 Å². The molecule has 1 aliphatic rings. The Morgan fingerprint density at radius 3 is 2.62 bits per heavy atom. The van der Waals surface area contributed by atoms with Gasteiger partial charge in [-0.05, 0) is 54.7 Å². The highest BCUT2D eigenvalue weighted by molar-refractivity contribution is 7.09. The van der Waals surface area contributed by atoms with Gasteiger partial charge in [0, 0.05) is 42.6 Å². The van der Waals surface area contributed by atoms with Gasteiger partial charge in [-0.2, -0.15) is 4.37 Å². The third kappa shape index (κ3) is 6.09. The highest BCUT2D eigenvalue weighted by Crippen LogP contribution is 2.26. The number of carbonyl (C=O) groups is 1. The van der Waals surface area contributed by atoms with E-state index in [1.807, 2.05) is 0 Å². The van der Waals surface area contributed by atoms with Gasteiger partial charge >= 0.3 is 6.03 Å². The van der Waals surface area contributed by atoms with Crippen molar-refractivity contribution >= 4 is 51.6 Å². The van der Waals surface area contributed by atoms with Crippen LogP contribution >= 0.6 is 34.7 Å². The van der Waals surface area contributed by atoms with Crippen LogP contribution in [0, 0.1) is 11.7 Å². The number of hydrogen-bond donors (Lipinski definition) is 2. The number of carbonyl (C=O) groups excluding carboxylic acids is 1. The standard InChI is InChI=1S/C22H22Cl2FN5OS/c23-16-3-6-19(18(24)12-16)27-21(31)26-13-15-7-9-30(10-8-15)22-28-20(29-32-22)11-14-1-4-17(25)5-2-14/h1-6,12,15H,7-11,13H2,(H2,26,27,31). The molecule has 2 heterocycles. The van der Waals surface area contributed by atoms with Crippen LogP contribution in [0.4, 0.5) is 20.0 Å². The number of piperidine rings is 1. The van der Waals surface area contributed by atoms with Gasteiger partial charge in [0.05, 0.1) is 10.7 Å². The summed E-state index contributed by atoms with van der Waals surface area (Å²) >= 11 is 13.4. The summed E-state index contributed by atoms with van der Waals surface area (Å²) in [4.78, 5) is 19.1. The molecule has 0 saturated carbocycles. The second kappa shape index (κ2) is 10.5. The maximum Gasteiger partial charge on any atom is 0.319 e. The van der Waals surface area contributed by atoms with Crippen LogP contribution in [0.1, 0.15) is 24.2 Å². The number of aromatic nitrogens is 2. The first-order valence-electron chi connectivity index (χ1n) is 10.3. The summed E-state index contributed by atoms with van der Waals surface area (Å²) in [6.07, 6.45) is 2.49. The van der Waals surface area contributed by atoms with Gasteiger partial charge in [-0.15, -0.1) is 0 Å². The number of hydrogen-bond acceptors (Lipinski definition) is 5. The maximum atomic E-state index is 13.1. The number of nitrogens with one attached hydrogen (secondary N) is 2. The van der Waals surface area contributed by atoms with Gasteiger partial charge in [0.15, 0.2) is 0 Å². The van der Waals surface area contributed by atoms with Gasteiger partial charge in [0.2, 0.25) is 5.13 Å². The number of amides is 2. The quantitative estimate of drug-likeness (QED) is 0.467. The molecule has 1 aromatic heterocycles. The Balaban J connectivity index is 1.21. The molecule has 2 amide bonds. The lowest BCUT2D eigenvalue weighted by Gasteiger charge is -2.31. The zero-order chi connectivity index (χ0) is 22.5. The fourth-order valence-corrected chi connectivity index (χ4v) is 4.74. The number of urea groups is 1. The Morgan fingerprint density at radius 1 is 1.16 bits per heavy atom. The molecule has 10 heteroatoms. The molecule has 32 heavy (non-hydrogen) atoms. The first kappa shape index (κ1) is 22.8. The molecule has 1 fully saturated rings. The third-order valence-corrected chi connectivity index (χ3v) is 6.71. The van der Waals surface area contributed by atoms with Crippen LogP contribution in [0.15, 0.2) is 42.5 Å². The van der Waals surface area contributed by atoms with Gasteiger partial charge in [0.1, 0.15) is 11.6 Å². The summed E-state index contributed by atoms with van der Waals surface area (Å²) in [5, 5.41) is 7.49. The molecule has 0 bridgehead atoms. The van der Waals surface area contributed by atoms with Gasteiger partial charge in [-0.1, -0.05) is 35.3 Å². The van der Waals surface area contributed by atoms with Gasteiger partial charge in [-0.3, -0.25) is 0 Å². The van der Waals surface area contributed by atoms with E-state index < -0.39 is 0 Å². The van der Waals surface area contributed by atoms with E-state index in [-0.39, 0.29) is 11.8 Å². The van der Waals surface area contributed by atoms with Gasteiger partial charge < -0.3 is 15.5 Å². The fraction of sp³-hybridized carbons (Fsp3) is 0.318. The number of halogens is 3. The normalized spacial score (nSPS) is 14.4. The third-order valence-electron chi connectivity index (χ3n) is 5.35. The highest BCUT2D eigenvalue weighted by atomic mass is 35.5. The molecular weight excluding hydrogens is 472 g/mol. The largest absolute Gasteiger partial charge is 0.347 e. The first-order valence-corrected chi connectivity index (χ1v) is 11.8. The van der Waals surface area contributed by atoms with Crippen molar-refractivity contribution in [2.75, 3.05) is 29.9 Å². The van der Waals surface area contributed by atoms with Crippen LogP contribution < -0.4 is 15.5 Å². The van der Waals surface area contributed by atoms with E-state index >= 15 is 0 Å². The molecule has 3 aromatic rings.